The molecule has 2 fully saturated rings. The number of benzene rings is 2. The number of imide groups is 1. The molecule has 2 N–H and O–H groups in total. The van der Waals surface area contributed by atoms with Gasteiger partial charge in [-0.2, -0.15) is 0 Å². The van der Waals surface area contributed by atoms with Gasteiger partial charge in [0.2, 0.25) is 0 Å². The van der Waals surface area contributed by atoms with Gasteiger partial charge in [-0.3, -0.25) is 9.78 Å². The van der Waals surface area contributed by atoms with Gasteiger partial charge in [-0.15, -0.1) is 0 Å². The lowest BCUT2D eigenvalue weighted by Crippen LogP contribution is -2.51. The fourth-order valence-corrected chi connectivity index (χ4v) is 4.83. The third kappa shape index (κ3) is 4.44. The Morgan fingerprint density at radius 2 is 1.66 bits per heavy atom. The van der Waals surface area contributed by atoms with Gasteiger partial charge in [0.1, 0.15) is 11.3 Å². The van der Waals surface area contributed by atoms with Crippen molar-refractivity contribution < 1.29 is 19.4 Å². The normalized spacial score (nSPS) is 20.3. The summed E-state index contributed by atoms with van der Waals surface area (Å²) in [5.74, 6) is -0.212. The Bertz CT molecular complexity index is 1230. The molecule has 8 nitrogen and oxygen atoms in total. The lowest BCUT2D eigenvalue weighted by Gasteiger charge is -2.29. The van der Waals surface area contributed by atoms with Gasteiger partial charge in [0.05, 0.1) is 18.9 Å². The first-order valence-electron chi connectivity index (χ1n) is 11.7. The highest BCUT2D eigenvalue weighted by atomic mass is 16.5. The molecule has 2 aliphatic rings. The molecule has 3 heterocycles. The molecule has 1 atom stereocenters. The lowest BCUT2D eigenvalue weighted by molar-refractivity contribution is -0.122. The van der Waals surface area contributed by atoms with Gasteiger partial charge in [-0.05, 0) is 60.0 Å². The number of aryl methyl sites for hydroxylation is 1. The molecular weight excluding hydrogens is 444 g/mol. The molecule has 2 aromatic carbocycles. The number of para-hydroxylation sites is 1. The van der Waals surface area contributed by atoms with Crippen LogP contribution in [0.2, 0.25) is 0 Å². The number of phenols is 1. The fraction of sp³-hybridized carbons (Fsp3) is 0.296. The maximum Gasteiger partial charge on any atom is 0.329 e. The van der Waals surface area contributed by atoms with Crippen LogP contribution in [0.3, 0.4) is 0 Å². The maximum atomic E-state index is 13.9. The molecule has 0 aliphatic carbocycles. The van der Waals surface area contributed by atoms with Crippen molar-refractivity contribution in [2.75, 3.05) is 36.1 Å². The highest BCUT2D eigenvalue weighted by Gasteiger charge is 2.52. The van der Waals surface area contributed by atoms with E-state index in [-0.39, 0.29) is 24.5 Å². The number of aromatic hydroxyl groups is 1. The standard InChI is InChI=1S/C27H28N4O4/c1-19-3-2-4-21(24(19)32)18-27(17-20-9-11-28-12-10-20)25(33)31(26(34)29-27)23-7-5-22(6-8-23)30-13-15-35-16-14-30/h2-12,32H,13-18H2,1H3,(H,29,34). The summed E-state index contributed by atoms with van der Waals surface area (Å²) in [6, 6.07) is 16.1. The molecule has 3 amide bonds. The molecule has 35 heavy (non-hydrogen) atoms. The SMILES string of the molecule is Cc1cccc(CC2(Cc3ccncc3)NC(=O)N(c3ccc(N4CCOCC4)cc3)C2=O)c1O. The molecule has 1 unspecified atom stereocenters. The predicted molar refractivity (Wildman–Crippen MR) is 133 cm³/mol. The van der Waals surface area contributed by atoms with Crippen LogP contribution in [0.15, 0.2) is 67.0 Å². The van der Waals surface area contributed by atoms with E-state index in [9.17, 15) is 14.7 Å². The van der Waals surface area contributed by atoms with Crippen LogP contribution >= 0.6 is 0 Å². The van der Waals surface area contributed by atoms with Crippen LogP contribution in [-0.2, 0) is 22.4 Å². The Morgan fingerprint density at radius 3 is 2.37 bits per heavy atom. The summed E-state index contributed by atoms with van der Waals surface area (Å²) >= 11 is 0. The predicted octanol–water partition coefficient (Wildman–Crippen LogP) is 3.21. The molecule has 0 bridgehead atoms. The minimum Gasteiger partial charge on any atom is -0.507 e. The topological polar surface area (TPSA) is 95.0 Å². The third-order valence-corrected chi connectivity index (χ3v) is 6.71. The second kappa shape index (κ2) is 9.38. The number of urea groups is 1. The van der Waals surface area contributed by atoms with E-state index in [1.54, 1.807) is 30.6 Å². The number of carbonyl (C=O) groups is 2. The van der Waals surface area contributed by atoms with Crippen molar-refractivity contribution in [2.45, 2.75) is 25.3 Å². The number of amides is 3. The van der Waals surface area contributed by atoms with Gasteiger partial charge in [0, 0.05) is 44.0 Å². The van der Waals surface area contributed by atoms with Crippen LogP contribution < -0.4 is 15.1 Å². The van der Waals surface area contributed by atoms with Gasteiger partial charge in [0.25, 0.3) is 5.91 Å². The largest absolute Gasteiger partial charge is 0.507 e. The number of aromatic nitrogens is 1. The summed E-state index contributed by atoms with van der Waals surface area (Å²) in [6.45, 7) is 4.77. The van der Waals surface area contributed by atoms with E-state index in [4.69, 9.17) is 4.74 Å². The first-order valence-corrected chi connectivity index (χ1v) is 11.7. The highest BCUT2D eigenvalue weighted by Crippen LogP contribution is 2.34. The number of pyridine rings is 1. The monoisotopic (exact) mass is 472 g/mol. The number of morpholine rings is 1. The highest BCUT2D eigenvalue weighted by molar-refractivity contribution is 6.23. The van der Waals surface area contributed by atoms with Crippen LogP contribution in [0, 0.1) is 6.92 Å². The van der Waals surface area contributed by atoms with E-state index in [1.165, 1.54) is 4.90 Å². The van der Waals surface area contributed by atoms with Crippen molar-refractivity contribution in [3.63, 3.8) is 0 Å². The number of hydrogen-bond donors (Lipinski definition) is 2. The number of rotatable bonds is 6. The number of hydrogen-bond acceptors (Lipinski definition) is 6. The summed E-state index contributed by atoms with van der Waals surface area (Å²) in [6.07, 6.45) is 3.76. The quantitative estimate of drug-likeness (QED) is 0.535. The smallest absolute Gasteiger partial charge is 0.329 e. The second-order valence-electron chi connectivity index (χ2n) is 9.06. The van der Waals surface area contributed by atoms with E-state index < -0.39 is 11.6 Å². The Hall–Kier alpha value is -3.91. The van der Waals surface area contributed by atoms with Crippen molar-refractivity contribution in [3.8, 4) is 5.75 Å². The molecule has 8 heteroatoms. The molecule has 0 saturated carbocycles. The van der Waals surface area contributed by atoms with Crippen LogP contribution in [0.1, 0.15) is 16.7 Å². The number of anilines is 2. The number of carbonyl (C=O) groups excluding carboxylic acids is 2. The van der Waals surface area contributed by atoms with Crippen molar-refractivity contribution in [1.29, 1.82) is 0 Å². The zero-order chi connectivity index (χ0) is 24.4. The third-order valence-electron chi connectivity index (χ3n) is 6.71. The molecule has 2 saturated heterocycles. The minimum atomic E-state index is -1.24. The molecule has 2 aliphatic heterocycles. The average Bonchev–Trinajstić information content (AvgIpc) is 3.12. The number of nitrogens with zero attached hydrogens (tertiary/aromatic N) is 3. The lowest BCUT2D eigenvalue weighted by atomic mass is 9.84. The van der Waals surface area contributed by atoms with Crippen molar-refractivity contribution >= 4 is 23.3 Å². The minimum absolute atomic E-state index is 0.136. The van der Waals surface area contributed by atoms with E-state index >= 15 is 0 Å². The van der Waals surface area contributed by atoms with Crippen molar-refractivity contribution in [2.24, 2.45) is 0 Å². The van der Waals surface area contributed by atoms with Crippen LogP contribution in [0.5, 0.6) is 5.75 Å². The van der Waals surface area contributed by atoms with Gasteiger partial charge in [-0.1, -0.05) is 18.2 Å². The molecule has 180 valence electrons. The summed E-state index contributed by atoms with van der Waals surface area (Å²) in [4.78, 5) is 34.6. The zero-order valence-electron chi connectivity index (χ0n) is 19.6. The number of ether oxygens (including phenoxy) is 1. The summed E-state index contributed by atoms with van der Waals surface area (Å²) < 4.78 is 5.42. The van der Waals surface area contributed by atoms with Gasteiger partial charge < -0.3 is 20.1 Å². The van der Waals surface area contributed by atoms with Gasteiger partial charge in [0.15, 0.2) is 0 Å². The van der Waals surface area contributed by atoms with Crippen LogP contribution in [0.4, 0.5) is 16.2 Å². The number of phenolic OH excluding ortho intramolecular Hbond substituents is 1. The Kier molecular flexibility index (Phi) is 6.13. The van der Waals surface area contributed by atoms with Crippen LogP contribution in [0.25, 0.3) is 0 Å². The molecule has 0 spiro atoms. The van der Waals surface area contributed by atoms with Crippen LogP contribution in [-0.4, -0.2) is 53.9 Å². The van der Waals surface area contributed by atoms with E-state index in [0.29, 0.717) is 30.0 Å². The first-order chi connectivity index (χ1) is 17.0. The van der Waals surface area contributed by atoms with Gasteiger partial charge in [-0.25, -0.2) is 9.69 Å². The summed E-state index contributed by atoms with van der Waals surface area (Å²) in [5, 5.41) is 13.6. The second-order valence-corrected chi connectivity index (χ2v) is 9.06. The fourth-order valence-electron chi connectivity index (χ4n) is 4.83. The Morgan fingerprint density at radius 1 is 0.971 bits per heavy atom. The summed E-state index contributed by atoms with van der Waals surface area (Å²) in [5.41, 5.74) is 2.48. The van der Waals surface area contributed by atoms with Crippen molar-refractivity contribution in [3.05, 3.63) is 83.7 Å². The first kappa shape index (κ1) is 22.9. The molecular formula is C27H28N4O4. The molecule has 5 rings (SSSR count). The Balaban J connectivity index is 1.48. The molecule has 1 aromatic heterocycles. The van der Waals surface area contributed by atoms with Crippen molar-refractivity contribution in [1.82, 2.24) is 10.3 Å². The average molecular weight is 473 g/mol. The van der Waals surface area contributed by atoms with Gasteiger partial charge >= 0.3 is 6.03 Å². The Labute approximate surface area is 204 Å². The summed E-state index contributed by atoms with van der Waals surface area (Å²) in [7, 11) is 0. The van der Waals surface area contributed by atoms with E-state index in [2.05, 4.69) is 15.2 Å². The number of nitrogens with one attached hydrogen (secondary N) is 1. The van der Waals surface area contributed by atoms with E-state index in [0.717, 1.165) is 24.3 Å². The zero-order valence-corrected chi connectivity index (χ0v) is 19.6. The van der Waals surface area contributed by atoms with E-state index in [1.807, 2.05) is 43.3 Å². The molecule has 0 radical (unpaired) electrons. The molecule has 3 aromatic rings. The maximum absolute atomic E-state index is 13.9.